The minimum Gasteiger partial charge on any atom is -0.466 e. The molecule has 2 aromatic carbocycles. The van der Waals surface area contributed by atoms with Crippen LogP contribution in [-0.2, 0) is 29.7 Å². The number of carbonyl (C=O) groups is 2. The number of amides is 2. The van der Waals surface area contributed by atoms with E-state index in [1.165, 1.54) is 31.4 Å². The fourth-order valence-electron chi connectivity index (χ4n) is 5.10. The fourth-order valence-corrected chi connectivity index (χ4v) is 6.43. The Morgan fingerprint density at radius 2 is 1.97 bits per heavy atom. The zero-order valence-electron chi connectivity index (χ0n) is 19.8. The zero-order valence-corrected chi connectivity index (χ0v) is 20.6. The highest BCUT2D eigenvalue weighted by atomic mass is 32.2. The number of nitrogen functional groups attached to an aromatic ring is 1. The van der Waals surface area contributed by atoms with Crippen LogP contribution in [0.5, 0.6) is 0 Å². The summed E-state index contributed by atoms with van der Waals surface area (Å²) in [5.74, 6) is -0.598. The average Bonchev–Trinajstić information content (AvgIpc) is 3.39. The molecule has 2 amide bonds. The molecular formula is C26H24N4O6S. The van der Waals surface area contributed by atoms with Crippen molar-refractivity contribution in [3.63, 3.8) is 0 Å². The molecule has 0 aromatic heterocycles. The molecule has 2 saturated heterocycles. The van der Waals surface area contributed by atoms with E-state index >= 15 is 0 Å². The normalized spacial score (nSPS) is 25.4. The lowest BCUT2D eigenvalue weighted by Crippen LogP contribution is -2.55. The van der Waals surface area contributed by atoms with Crippen LogP contribution in [0.3, 0.4) is 0 Å². The van der Waals surface area contributed by atoms with E-state index in [9.17, 15) is 18.0 Å². The van der Waals surface area contributed by atoms with E-state index in [-0.39, 0.29) is 34.2 Å². The molecule has 2 aromatic rings. The van der Waals surface area contributed by atoms with E-state index in [4.69, 9.17) is 20.7 Å². The highest BCUT2D eigenvalue weighted by Gasteiger charge is 2.68. The van der Waals surface area contributed by atoms with Crippen LogP contribution >= 0.6 is 0 Å². The first-order chi connectivity index (χ1) is 17.6. The Kier molecular flexibility index (Phi) is 5.67. The Labute approximate surface area is 213 Å². The number of esters is 1. The van der Waals surface area contributed by atoms with Crippen LogP contribution in [0.4, 0.5) is 4.79 Å². The SMILES string of the molecule is COC(=O)C=C1CC2(c3cccc(C(=N)N)c3)N(O1)C(=O)NC21C=CC(S(=O)(=O)c2ccccc2)=CC1. The third-order valence-electron chi connectivity index (χ3n) is 6.89. The third kappa shape index (κ3) is 3.70. The summed E-state index contributed by atoms with van der Waals surface area (Å²) in [5.41, 5.74) is 4.42. The van der Waals surface area contributed by atoms with Gasteiger partial charge < -0.3 is 20.6 Å². The lowest BCUT2D eigenvalue weighted by molar-refractivity contribution is -0.135. The minimum absolute atomic E-state index is 0.0845. The molecule has 0 saturated carbocycles. The van der Waals surface area contributed by atoms with E-state index in [1.807, 2.05) is 0 Å². The van der Waals surface area contributed by atoms with Gasteiger partial charge in [-0.3, -0.25) is 5.41 Å². The Bertz CT molecular complexity index is 1510. The van der Waals surface area contributed by atoms with Gasteiger partial charge >= 0.3 is 12.0 Å². The molecule has 5 rings (SSSR count). The van der Waals surface area contributed by atoms with Gasteiger partial charge in [-0.05, 0) is 36.3 Å². The maximum Gasteiger partial charge on any atom is 0.352 e. The summed E-state index contributed by atoms with van der Waals surface area (Å²) in [6.45, 7) is 0. The summed E-state index contributed by atoms with van der Waals surface area (Å²) in [7, 11) is -2.54. The molecule has 0 bridgehead atoms. The van der Waals surface area contributed by atoms with Gasteiger partial charge in [-0.15, -0.1) is 5.06 Å². The fraction of sp³-hybridized carbons (Fsp3) is 0.192. The van der Waals surface area contributed by atoms with E-state index in [1.54, 1.807) is 54.6 Å². The van der Waals surface area contributed by atoms with Crippen molar-refractivity contribution in [1.82, 2.24) is 10.4 Å². The highest BCUT2D eigenvalue weighted by Crippen LogP contribution is 2.56. The number of nitrogens with one attached hydrogen (secondary N) is 2. The summed E-state index contributed by atoms with van der Waals surface area (Å²) in [6.07, 6.45) is 6.08. The number of nitrogens with zero attached hydrogens (tertiary/aromatic N) is 1. The molecule has 2 heterocycles. The molecule has 2 fully saturated rings. The van der Waals surface area contributed by atoms with E-state index in [0.29, 0.717) is 11.1 Å². The van der Waals surface area contributed by atoms with E-state index in [0.717, 1.165) is 5.06 Å². The Hall–Kier alpha value is -4.38. The van der Waals surface area contributed by atoms with Crippen LogP contribution in [0.25, 0.3) is 0 Å². The number of hydrogen-bond donors (Lipinski definition) is 3. The Morgan fingerprint density at radius 3 is 2.62 bits per heavy atom. The first kappa shape index (κ1) is 24.3. The van der Waals surface area contributed by atoms with Crippen LogP contribution in [0, 0.1) is 5.41 Å². The molecule has 0 radical (unpaired) electrons. The first-order valence-electron chi connectivity index (χ1n) is 11.4. The van der Waals surface area contributed by atoms with E-state index in [2.05, 4.69) is 5.32 Å². The maximum absolute atomic E-state index is 13.2. The lowest BCUT2D eigenvalue weighted by Gasteiger charge is -2.42. The number of amidine groups is 1. The number of hydrogen-bond acceptors (Lipinski definition) is 7. The number of sulfone groups is 1. The van der Waals surface area contributed by atoms with Crippen molar-refractivity contribution in [2.75, 3.05) is 7.11 Å². The largest absolute Gasteiger partial charge is 0.466 e. The van der Waals surface area contributed by atoms with Gasteiger partial charge in [0, 0.05) is 12.0 Å². The van der Waals surface area contributed by atoms with Gasteiger partial charge in [-0.25, -0.2) is 18.0 Å². The number of allylic oxidation sites excluding steroid dienone is 1. The van der Waals surface area contributed by atoms with E-state index < -0.39 is 32.9 Å². The monoisotopic (exact) mass is 520 g/mol. The van der Waals surface area contributed by atoms with Gasteiger partial charge in [0.1, 0.15) is 17.1 Å². The van der Waals surface area contributed by atoms with Gasteiger partial charge in [0.05, 0.1) is 28.5 Å². The molecule has 190 valence electrons. The van der Waals surface area contributed by atoms with Crippen LogP contribution in [-0.4, -0.2) is 44.0 Å². The molecular weight excluding hydrogens is 496 g/mol. The second-order valence-corrected chi connectivity index (χ2v) is 10.9. The molecule has 3 aliphatic rings. The Balaban J connectivity index is 1.63. The van der Waals surface area contributed by atoms with Gasteiger partial charge in [0.25, 0.3) is 0 Å². The molecule has 2 aliphatic heterocycles. The van der Waals surface area contributed by atoms with Gasteiger partial charge in [0.2, 0.25) is 9.84 Å². The number of benzene rings is 2. The van der Waals surface area contributed by atoms with Crippen molar-refractivity contribution in [3.8, 4) is 0 Å². The van der Waals surface area contributed by atoms with Crippen LogP contribution < -0.4 is 11.1 Å². The third-order valence-corrected chi connectivity index (χ3v) is 8.71. The van der Waals surface area contributed by atoms with Crippen LogP contribution in [0.15, 0.2) is 94.5 Å². The van der Waals surface area contributed by atoms with Crippen molar-refractivity contribution < 1.29 is 27.6 Å². The molecule has 37 heavy (non-hydrogen) atoms. The first-order valence-corrected chi connectivity index (χ1v) is 12.8. The standard InChI is InChI=1S/C26H24N4O6S/c1-35-22(31)15-19-16-26(18-7-5-6-17(14-18)23(27)28)25(29-24(32)30(26)36-19)12-10-21(11-13-25)37(33,34)20-8-3-2-4-9-20/h2-12,14-15H,13,16H2,1H3,(H3,27,28)(H,29,32). The number of rotatable bonds is 5. The number of nitrogens with two attached hydrogens (primary N) is 1. The van der Waals surface area contributed by atoms with Gasteiger partial charge in [-0.2, -0.15) is 0 Å². The number of fused-ring (bicyclic) bond motifs is 2. The number of carbonyl (C=O) groups excluding carboxylic acids is 2. The molecule has 11 heteroatoms. The summed E-state index contributed by atoms with van der Waals surface area (Å²) < 4.78 is 31.2. The number of methoxy groups -OCH3 is 1. The van der Waals surface area contributed by atoms with Crippen LogP contribution in [0.1, 0.15) is 24.0 Å². The lowest BCUT2D eigenvalue weighted by atomic mass is 9.68. The number of hydroxylamine groups is 2. The predicted molar refractivity (Wildman–Crippen MR) is 134 cm³/mol. The summed E-state index contributed by atoms with van der Waals surface area (Å²) in [4.78, 5) is 31.3. The van der Waals surface area contributed by atoms with Crippen molar-refractivity contribution in [1.29, 1.82) is 5.41 Å². The molecule has 4 N–H and O–H groups in total. The van der Waals surface area contributed by atoms with Crippen molar-refractivity contribution >= 4 is 27.7 Å². The quantitative estimate of drug-likeness (QED) is 0.237. The summed E-state index contributed by atoms with van der Waals surface area (Å²) >= 11 is 0. The molecule has 1 aliphatic carbocycles. The number of urea groups is 1. The highest BCUT2D eigenvalue weighted by molar-refractivity contribution is 7.95. The van der Waals surface area contributed by atoms with Gasteiger partial charge in [-0.1, -0.05) is 48.6 Å². The van der Waals surface area contributed by atoms with Crippen molar-refractivity contribution in [3.05, 3.63) is 101 Å². The second kappa shape index (κ2) is 8.63. The summed E-state index contributed by atoms with van der Waals surface area (Å²) in [6, 6.07) is 14.4. The minimum atomic E-state index is -3.78. The molecule has 10 nitrogen and oxygen atoms in total. The molecule has 2 atom stereocenters. The van der Waals surface area contributed by atoms with Crippen molar-refractivity contribution in [2.24, 2.45) is 5.73 Å². The van der Waals surface area contributed by atoms with Crippen LogP contribution in [0.2, 0.25) is 0 Å². The topological polar surface area (TPSA) is 152 Å². The average molecular weight is 521 g/mol. The Morgan fingerprint density at radius 1 is 1.22 bits per heavy atom. The molecule has 1 spiro atoms. The predicted octanol–water partition coefficient (Wildman–Crippen LogP) is 2.64. The smallest absolute Gasteiger partial charge is 0.352 e. The zero-order chi connectivity index (χ0) is 26.4. The maximum atomic E-state index is 13.2. The van der Waals surface area contributed by atoms with Crippen molar-refractivity contribution in [2.45, 2.75) is 28.8 Å². The van der Waals surface area contributed by atoms with Gasteiger partial charge in [0.15, 0.2) is 0 Å². The number of ether oxygens (including phenoxy) is 1. The molecule has 2 unspecified atom stereocenters. The second-order valence-electron chi connectivity index (χ2n) is 8.91. The summed E-state index contributed by atoms with van der Waals surface area (Å²) in [5, 5.41) is 12.0.